The lowest BCUT2D eigenvalue weighted by molar-refractivity contribution is -0.134. The smallest absolute Gasteiger partial charge is 0.243 e. The van der Waals surface area contributed by atoms with Crippen molar-refractivity contribution in [1.82, 2.24) is 47.2 Å². The Bertz CT molecular complexity index is 1760. The highest BCUT2D eigenvalue weighted by molar-refractivity contribution is 5.96. The van der Waals surface area contributed by atoms with Gasteiger partial charge >= 0.3 is 0 Å². The number of aromatic amines is 1. The third-order valence-corrected chi connectivity index (χ3v) is 8.80. The van der Waals surface area contributed by atoms with Gasteiger partial charge in [-0.05, 0) is 55.9 Å². The average molecular weight is 762 g/mol. The fourth-order valence-corrected chi connectivity index (χ4v) is 5.72. The van der Waals surface area contributed by atoms with Crippen molar-refractivity contribution in [2.24, 2.45) is 0 Å². The molecule has 0 spiro atoms. The quantitative estimate of drug-likeness (QED) is 0.154. The lowest BCUT2D eigenvalue weighted by atomic mass is 10.0. The number of aryl methyl sites for hydroxylation is 1. The van der Waals surface area contributed by atoms with E-state index in [-0.39, 0.29) is 44.6 Å². The summed E-state index contributed by atoms with van der Waals surface area (Å²) < 4.78 is 13.7. The summed E-state index contributed by atoms with van der Waals surface area (Å²) in [6.07, 6.45) is 3.99. The number of rotatable bonds is 8. The number of nitrogens with one attached hydrogen (secondary N) is 8. The van der Waals surface area contributed by atoms with Crippen LogP contribution in [0, 0.1) is 5.82 Å². The predicted molar refractivity (Wildman–Crippen MR) is 198 cm³/mol. The van der Waals surface area contributed by atoms with Gasteiger partial charge in [0.15, 0.2) is 0 Å². The summed E-state index contributed by atoms with van der Waals surface area (Å²) in [6, 6.07) is 9.84. The number of hydrogen-bond acceptors (Lipinski definition) is 8. The minimum Gasteiger partial charge on any atom is -0.356 e. The van der Waals surface area contributed by atoms with Crippen LogP contribution in [0.3, 0.4) is 0 Å². The number of aromatic nitrogens is 2. The van der Waals surface area contributed by atoms with Crippen LogP contribution in [0.15, 0.2) is 67.1 Å². The van der Waals surface area contributed by atoms with E-state index in [0.717, 1.165) is 5.56 Å². The molecule has 16 nitrogen and oxygen atoms in total. The number of H-pyrrole nitrogens is 1. The number of carbonyl (C=O) groups excluding carboxylic acids is 7. The zero-order chi connectivity index (χ0) is 39.6. The van der Waals surface area contributed by atoms with Crippen molar-refractivity contribution in [3.63, 3.8) is 0 Å². The van der Waals surface area contributed by atoms with Gasteiger partial charge in [-0.1, -0.05) is 42.5 Å². The fraction of sp³-hybridized carbons (Fsp3) is 0.421. The molecule has 0 bridgehead atoms. The molecule has 0 radical (unpaired) electrons. The molecule has 4 atom stereocenters. The highest BCUT2D eigenvalue weighted by atomic mass is 19.1. The normalized spacial score (nSPS) is 21.5. The highest BCUT2D eigenvalue weighted by Crippen LogP contribution is 2.10. The Kier molecular flexibility index (Phi) is 16.3. The molecule has 2 heterocycles. The van der Waals surface area contributed by atoms with Gasteiger partial charge in [-0.3, -0.25) is 33.6 Å². The third kappa shape index (κ3) is 14.7. The molecule has 7 amide bonds. The van der Waals surface area contributed by atoms with Gasteiger partial charge in [0.05, 0.1) is 18.6 Å². The molecule has 0 saturated carbocycles. The van der Waals surface area contributed by atoms with Crippen LogP contribution in [0.25, 0.3) is 0 Å². The zero-order valence-corrected chi connectivity index (χ0v) is 30.6. The molecule has 2 aromatic carbocycles. The van der Waals surface area contributed by atoms with E-state index < -0.39 is 72.0 Å². The Hall–Kier alpha value is -6.13. The number of amides is 7. The van der Waals surface area contributed by atoms with Crippen LogP contribution in [0.2, 0.25) is 0 Å². The number of carbonyl (C=O) groups is 7. The number of hydrogen-bond donors (Lipinski definition) is 8. The van der Waals surface area contributed by atoms with Gasteiger partial charge in [-0.25, -0.2) is 9.37 Å². The lowest BCUT2D eigenvalue weighted by Crippen LogP contribution is -2.58. The molecule has 3 aromatic rings. The van der Waals surface area contributed by atoms with Crippen LogP contribution in [0.5, 0.6) is 0 Å². The molecule has 17 heteroatoms. The van der Waals surface area contributed by atoms with Crippen LogP contribution in [0.4, 0.5) is 4.39 Å². The molecular formula is C38H48FN9O7. The molecule has 0 unspecified atom stereocenters. The van der Waals surface area contributed by atoms with Crippen LogP contribution in [-0.2, 0) is 52.8 Å². The van der Waals surface area contributed by atoms with Crippen LogP contribution in [0.1, 0.15) is 55.8 Å². The zero-order valence-electron chi connectivity index (χ0n) is 30.6. The molecule has 1 fully saturated rings. The second kappa shape index (κ2) is 21.5. The summed E-state index contributed by atoms with van der Waals surface area (Å²) in [5.41, 5.74) is 1.80. The van der Waals surface area contributed by atoms with Gasteiger partial charge < -0.3 is 42.2 Å². The van der Waals surface area contributed by atoms with Crippen molar-refractivity contribution in [3.05, 3.63) is 89.8 Å². The minimum atomic E-state index is -1.32. The van der Waals surface area contributed by atoms with E-state index in [2.05, 4.69) is 47.2 Å². The van der Waals surface area contributed by atoms with Gasteiger partial charge in [0.25, 0.3) is 0 Å². The summed E-state index contributed by atoms with van der Waals surface area (Å²) >= 11 is 0. The van der Waals surface area contributed by atoms with E-state index in [0.29, 0.717) is 37.1 Å². The van der Waals surface area contributed by atoms with Crippen molar-refractivity contribution in [2.45, 2.75) is 82.5 Å². The van der Waals surface area contributed by atoms with E-state index in [1.165, 1.54) is 43.7 Å². The van der Waals surface area contributed by atoms with E-state index >= 15 is 0 Å². The fourth-order valence-electron chi connectivity index (χ4n) is 5.72. The SMILES string of the molecule is C[C@@H]1NC(=O)CNC(=O)[C@@H](Cc2ccc(F)cc2)NC(=O)[C@H](Cc2c[nH]cn2)NC(=O)[C@@H](NC(=O)CCc2ccccc2)CCC(=O)NCCCCNC1=O. The number of imidazole rings is 1. The molecule has 294 valence electrons. The maximum absolute atomic E-state index is 14.0. The Morgan fingerprint density at radius 2 is 1.45 bits per heavy atom. The second-order valence-electron chi connectivity index (χ2n) is 13.2. The van der Waals surface area contributed by atoms with E-state index in [1.807, 2.05) is 30.3 Å². The molecular weight excluding hydrogens is 713 g/mol. The summed E-state index contributed by atoms with van der Waals surface area (Å²) in [5, 5.41) is 18.5. The van der Waals surface area contributed by atoms with Crippen molar-refractivity contribution >= 4 is 41.4 Å². The number of benzene rings is 2. The first kappa shape index (κ1) is 41.6. The van der Waals surface area contributed by atoms with E-state index in [4.69, 9.17) is 0 Å². The molecule has 1 aliphatic rings. The molecule has 4 rings (SSSR count). The van der Waals surface area contributed by atoms with Gasteiger partial charge in [0.2, 0.25) is 41.4 Å². The summed E-state index contributed by atoms with van der Waals surface area (Å²) in [5.74, 6) is -4.71. The van der Waals surface area contributed by atoms with Crippen molar-refractivity contribution < 1.29 is 38.0 Å². The molecule has 1 aliphatic heterocycles. The standard InChI is InChI=1S/C38H48FN9O7/c1-24-35(52)42-18-6-5-17-41-32(49)16-14-29(46-33(50)15-11-25-7-3-2-4-8-25)37(54)48-31(20-28-21-40-23-44-28)38(55)47-30(36(53)43-22-34(51)45-24)19-26-9-12-27(39)13-10-26/h2-4,7-10,12-13,21,23-24,29-31H,5-6,11,14-20,22H2,1H3,(H,40,44)(H,41,49)(H,42,52)(H,43,53)(H,45,51)(H,46,50)(H,47,55)(H,48,54)/t24-,29-,30+,31-/m0/s1. The van der Waals surface area contributed by atoms with Crippen LogP contribution in [-0.4, -0.2) is 95.1 Å². The molecule has 0 aliphatic carbocycles. The van der Waals surface area contributed by atoms with Crippen molar-refractivity contribution in [1.29, 1.82) is 0 Å². The first-order valence-corrected chi connectivity index (χ1v) is 18.2. The predicted octanol–water partition coefficient (Wildman–Crippen LogP) is -0.151. The molecule has 1 saturated heterocycles. The Balaban J connectivity index is 1.58. The van der Waals surface area contributed by atoms with Gasteiger partial charge in [-0.2, -0.15) is 0 Å². The average Bonchev–Trinajstić information content (AvgIpc) is 3.69. The summed E-state index contributed by atoms with van der Waals surface area (Å²) in [7, 11) is 0. The third-order valence-electron chi connectivity index (χ3n) is 8.80. The number of halogens is 1. The first-order valence-electron chi connectivity index (χ1n) is 18.2. The van der Waals surface area contributed by atoms with Crippen molar-refractivity contribution in [3.8, 4) is 0 Å². The Morgan fingerprint density at radius 3 is 2.16 bits per heavy atom. The van der Waals surface area contributed by atoms with E-state index in [9.17, 15) is 38.0 Å². The Labute approximate surface area is 318 Å². The van der Waals surface area contributed by atoms with Crippen LogP contribution < -0.4 is 37.2 Å². The largest absolute Gasteiger partial charge is 0.356 e. The molecule has 55 heavy (non-hydrogen) atoms. The van der Waals surface area contributed by atoms with E-state index in [1.54, 1.807) is 0 Å². The summed E-state index contributed by atoms with van der Waals surface area (Å²) in [4.78, 5) is 99.5. The van der Waals surface area contributed by atoms with Gasteiger partial charge in [0, 0.05) is 45.0 Å². The van der Waals surface area contributed by atoms with Gasteiger partial charge in [0.1, 0.15) is 30.0 Å². The summed E-state index contributed by atoms with van der Waals surface area (Å²) in [6.45, 7) is 1.55. The van der Waals surface area contributed by atoms with Crippen LogP contribution >= 0.6 is 0 Å². The Morgan fingerprint density at radius 1 is 0.764 bits per heavy atom. The van der Waals surface area contributed by atoms with Gasteiger partial charge in [-0.15, -0.1) is 0 Å². The topological polar surface area (TPSA) is 232 Å². The maximum Gasteiger partial charge on any atom is 0.243 e. The van der Waals surface area contributed by atoms with Crippen molar-refractivity contribution in [2.75, 3.05) is 19.6 Å². The number of nitrogens with zero attached hydrogens (tertiary/aromatic N) is 1. The maximum atomic E-state index is 14.0. The highest BCUT2D eigenvalue weighted by Gasteiger charge is 2.31. The first-order chi connectivity index (χ1) is 26.5. The molecule has 8 N–H and O–H groups in total. The molecule has 1 aromatic heterocycles. The lowest BCUT2D eigenvalue weighted by Gasteiger charge is -2.25. The monoisotopic (exact) mass is 761 g/mol. The second-order valence-corrected chi connectivity index (χ2v) is 13.2. The minimum absolute atomic E-state index is 0.0602.